The molecule has 24 heavy (non-hydrogen) atoms. The van der Waals surface area contributed by atoms with Crippen LogP contribution in [0.3, 0.4) is 0 Å². The lowest BCUT2D eigenvalue weighted by atomic mass is 9.87. The second-order valence-corrected chi connectivity index (χ2v) is 6.68. The summed E-state index contributed by atoms with van der Waals surface area (Å²) in [6.07, 6.45) is 12.6. The summed E-state index contributed by atoms with van der Waals surface area (Å²) in [5.41, 5.74) is 0.441. The van der Waals surface area contributed by atoms with E-state index in [1.54, 1.807) is 24.9 Å². The van der Waals surface area contributed by atoms with Crippen molar-refractivity contribution in [2.45, 2.75) is 56.2 Å². The maximum Gasteiger partial charge on any atom is 0.254 e. The van der Waals surface area contributed by atoms with E-state index in [0.717, 1.165) is 37.9 Å². The Kier molecular flexibility index (Phi) is 4.02. The Balaban J connectivity index is 1.42. The lowest BCUT2D eigenvalue weighted by Crippen LogP contribution is -2.49. The van der Waals surface area contributed by atoms with Gasteiger partial charge in [0.15, 0.2) is 0 Å². The average Bonchev–Trinajstić information content (AvgIpc) is 3.32. The van der Waals surface area contributed by atoms with Crippen molar-refractivity contribution in [2.24, 2.45) is 0 Å². The number of carbonyl (C=O) groups is 1. The standard InChI is InChI=1S/C17H21N5O2/c23-15-13(2-1-3-14(15)22-7-6-18-10-22)21-17(24)12-8-19-16(20-9-12)11-4-5-11/h6-11,13-15,23H,1-5H2,(H,21,24)/t13-,14-,15-/m1/s1. The molecule has 1 amide bonds. The Morgan fingerprint density at radius 3 is 2.67 bits per heavy atom. The summed E-state index contributed by atoms with van der Waals surface area (Å²) < 4.78 is 1.91. The second-order valence-electron chi connectivity index (χ2n) is 6.68. The maximum atomic E-state index is 12.4. The number of nitrogens with one attached hydrogen (secondary N) is 1. The first-order valence-corrected chi connectivity index (χ1v) is 8.50. The van der Waals surface area contributed by atoms with Crippen molar-refractivity contribution in [3.05, 3.63) is 42.5 Å². The molecule has 2 heterocycles. The molecule has 2 aliphatic rings. The van der Waals surface area contributed by atoms with Gasteiger partial charge in [0.1, 0.15) is 5.82 Å². The van der Waals surface area contributed by atoms with Gasteiger partial charge in [-0.3, -0.25) is 4.79 Å². The quantitative estimate of drug-likeness (QED) is 0.886. The smallest absolute Gasteiger partial charge is 0.254 e. The van der Waals surface area contributed by atoms with E-state index < -0.39 is 6.10 Å². The molecule has 7 heteroatoms. The Labute approximate surface area is 140 Å². The number of rotatable bonds is 4. The molecule has 0 radical (unpaired) electrons. The van der Waals surface area contributed by atoms with E-state index in [1.807, 2.05) is 10.8 Å². The van der Waals surface area contributed by atoms with Crippen LogP contribution in [0.5, 0.6) is 0 Å². The Morgan fingerprint density at radius 2 is 2.00 bits per heavy atom. The van der Waals surface area contributed by atoms with Gasteiger partial charge in [-0.1, -0.05) is 0 Å². The minimum absolute atomic E-state index is 0.0555. The fourth-order valence-electron chi connectivity index (χ4n) is 3.36. The summed E-state index contributed by atoms with van der Waals surface area (Å²) in [5, 5.41) is 13.6. The van der Waals surface area contributed by atoms with E-state index in [4.69, 9.17) is 0 Å². The molecule has 0 aliphatic heterocycles. The third kappa shape index (κ3) is 3.03. The van der Waals surface area contributed by atoms with Crippen LogP contribution >= 0.6 is 0 Å². The molecule has 0 aromatic carbocycles. The highest BCUT2D eigenvalue weighted by atomic mass is 16.3. The fourth-order valence-corrected chi connectivity index (χ4v) is 3.36. The number of aliphatic hydroxyl groups is 1. The molecule has 0 saturated heterocycles. The predicted molar refractivity (Wildman–Crippen MR) is 86.4 cm³/mol. The van der Waals surface area contributed by atoms with Gasteiger partial charge in [0, 0.05) is 30.7 Å². The van der Waals surface area contributed by atoms with Gasteiger partial charge in [0.2, 0.25) is 0 Å². The molecule has 2 aromatic rings. The summed E-state index contributed by atoms with van der Waals surface area (Å²) in [4.78, 5) is 25.0. The normalized spacial score (nSPS) is 27.0. The average molecular weight is 327 g/mol. The molecule has 2 saturated carbocycles. The van der Waals surface area contributed by atoms with Gasteiger partial charge in [-0.05, 0) is 32.1 Å². The van der Waals surface area contributed by atoms with E-state index >= 15 is 0 Å². The molecule has 0 unspecified atom stereocenters. The molecule has 2 aliphatic carbocycles. The molecule has 2 aromatic heterocycles. The first-order valence-electron chi connectivity index (χ1n) is 8.50. The van der Waals surface area contributed by atoms with Crippen molar-refractivity contribution in [3.8, 4) is 0 Å². The van der Waals surface area contributed by atoms with Crippen molar-refractivity contribution in [3.63, 3.8) is 0 Å². The number of carbonyl (C=O) groups excluding carboxylic acids is 1. The monoisotopic (exact) mass is 327 g/mol. The van der Waals surface area contributed by atoms with Gasteiger partial charge >= 0.3 is 0 Å². The number of nitrogens with zero attached hydrogens (tertiary/aromatic N) is 4. The van der Waals surface area contributed by atoms with E-state index in [2.05, 4.69) is 20.3 Å². The number of amides is 1. The van der Waals surface area contributed by atoms with Gasteiger partial charge in [-0.25, -0.2) is 15.0 Å². The zero-order valence-electron chi connectivity index (χ0n) is 13.4. The molecule has 0 spiro atoms. The van der Waals surface area contributed by atoms with Crippen LogP contribution in [0.2, 0.25) is 0 Å². The minimum Gasteiger partial charge on any atom is -0.389 e. The molecule has 126 valence electrons. The third-order valence-corrected chi connectivity index (χ3v) is 4.92. The SMILES string of the molecule is O=C(N[C@@H]1CCC[C@@H](n2ccnc2)[C@@H]1O)c1cnc(C2CC2)nc1. The van der Waals surface area contributed by atoms with Gasteiger partial charge in [-0.15, -0.1) is 0 Å². The van der Waals surface area contributed by atoms with Crippen LogP contribution in [0.25, 0.3) is 0 Å². The van der Waals surface area contributed by atoms with Crippen LogP contribution in [-0.4, -0.2) is 42.7 Å². The van der Waals surface area contributed by atoms with Gasteiger partial charge in [0.05, 0.1) is 30.1 Å². The topological polar surface area (TPSA) is 92.9 Å². The van der Waals surface area contributed by atoms with Crippen LogP contribution in [0, 0.1) is 0 Å². The number of aromatic nitrogens is 4. The molecule has 2 N–H and O–H groups in total. The first-order chi connectivity index (χ1) is 11.7. The van der Waals surface area contributed by atoms with E-state index in [9.17, 15) is 9.90 Å². The molecule has 3 atom stereocenters. The van der Waals surface area contributed by atoms with Gasteiger partial charge in [0.25, 0.3) is 5.91 Å². The lowest BCUT2D eigenvalue weighted by Gasteiger charge is -2.35. The summed E-state index contributed by atoms with van der Waals surface area (Å²) in [7, 11) is 0. The number of aliphatic hydroxyl groups excluding tert-OH is 1. The van der Waals surface area contributed by atoms with E-state index in [1.165, 1.54) is 0 Å². The first kappa shape index (κ1) is 15.3. The van der Waals surface area contributed by atoms with Gasteiger partial charge in [-0.2, -0.15) is 0 Å². The van der Waals surface area contributed by atoms with Crippen LogP contribution < -0.4 is 5.32 Å². The molecular formula is C17H21N5O2. The van der Waals surface area contributed by atoms with E-state index in [0.29, 0.717) is 11.5 Å². The van der Waals surface area contributed by atoms with Crippen molar-refractivity contribution >= 4 is 5.91 Å². The maximum absolute atomic E-state index is 12.4. The lowest BCUT2D eigenvalue weighted by molar-refractivity contribution is 0.0398. The van der Waals surface area contributed by atoms with Gasteiger partial charge < -0.3 is 15.0 Å². The van der Waals surface area contributed by atoms with Crippen LogP contribution in [0.4, 0.5) is 0 Å². The summed E-state index contributed by atoms with van der Waals surface area (Å²) in [6.45, 7) is 0. The highest BCUT2D eigenvalue weighted by Crippen LogP contribution is 2.37. The molecule has 0 bridgehead atoms. The zero-order chi connectivity index (χ0) is 16.5. The molecule has 4 rings (SSSR count). The Bertz CT molecular complexity index is 696. The van der Waals surface area contributed by atoms with Crippen LogP contribution in [0.1, 0.15) is 60.2 Å². The summed E-state index contributed by atoms with van der Waals surface area (Å²) >= 11 is 0. The number of imidazole rings is 1. The number of hydrogen-bond donors (Lipinski definition) is 2. The Hall–Kier alpha value is -2.28. The highest BCUT2D eigenvalue weighted by Gasteiger charge is 2.34. The van der Waals surface area contributed by atoms with Crippen molar-refractivity contribution in [1.29, 1.82) is 0 Å². The molecular weight excluding hydrogens is 306 g/mol. The second kappa shape index (κ2) is 6.32. The Morgan fingerprint density at radius 1 is 1.21 bits per heavy atom. The largest absolute Gasteiger partial charge is 0.389 e. The van der Waals surface area contributed by atoms with Crippen molar-refractivity contribution in [2.75, 3.05) is 0 Å². The highest BCUT2D eigenvalue weighted by molar-refractivity contribution is 5.93. The van der Waals surface area contributed by atoms with E-state index in [-0.39, 0.29) is 18.0 Å². The third-order valence-electron chi connectivity index (χ3n) is 4.92. The predicted octanol–water partition coefficient (Wildman–Crippen LogP) is 1.44. The zero-order valence-corrected chi connectivity index (χ0v) is 13.4. The fraction of sp³-hybridized carbons (Fsp3) is 0.529. The summed E-state index contributed by atoms with van der Waals surface area (Å²) in [5.74, 6) is 1.07. The van der Waals surface area contributed by atoms with Crippen LogP contribution in [0.15, 0.2) is 31.1 Å². The molecule has 7 nitrogen and oxygen atoms in total. The summed E-state index contributed by atoms with van der Waals surface area (Å²) in [6, 6.07) is -0.332. The van der Waals surface area contributed by atoms with Crippen LogP contribution in [-0.2, 0) is 0 Å². The van der Waals surface area contributed by atoms with Crippen molar-refractivity contribution in [1.82, 2.24) is 24.8 Å². The van der Waals surface area contributed by atoms with Crippen molar-refractivity contribution < 1.29 is 9.90 Å². The molecule has 2 fully saturated rings. The minimum atomic E-state index is -0.636. The number of hydrogen-bond acceptors (Lipinski definition) is 5.